The minimum atomic E-state index is 0.833. The summed E-state index contributed by atoms with van der Waals surface area (Å²) < 4.78 is 0. The van der Waals surface area contributed by atoms with Crippen LogP contribution in [0.5, 0.6) is 0 Å². The van der Waals surface area contributed by atoms with Crippen molar-refractivity contribution in [1.82, 2.24) is 0 Å². The Labute approximate surface area is 73.8 Å². The molecule has 0 aliphatic carbocycles. The van der Waals surface area contributed by atoms with Crippen molar-refractivity contribution in [2.24, 2.45) is 0 Å². The number of nitrogen functional groups attached to an aromatic ring is 1. The van der Waals surface area contributed by atoms with Crippen LogP contribution in [0.25, 0.3) is 0 Å². The van der Waals surface area contributed by atoms with Crippen LogP contribution in [0.15, 0.2) is 12.1 Å². The van der Waals surface area contributed by atoms with E-state index in [1.165, 1.54) is 11.1 Å². The summed E-state index contributed by atoms with van der Waals surface area (Å²) in [5, 5.41) is 3.06. The molecule has 66 valence electrons. The predicted octanol–water partition coefficient (Wildman–Crippen LogP) is 2.18. The number of rotatable bonds is 2. The van der Waals surface area contributed by atoms with Gasteiger partial charge in [-0.25, -0.2) is 0 Å². The van der Waals surface area contributed by atoms with Crippen LogP contribution >= 0.6 is 0 Å². The molecule has 12 heavy (non-hydrogen) atoms. The summed E-state index contributed by atoms with van der Waals surface area (Å²) in [6, 6.07) is 4.13. The molecule has 2 heteroatoms. The lowest BCUT2D eigenvalue weighted by Crippen LogP contribution is -1.98. The third-order valence-corrected chi connectivity index (χ3v) is 2.16. The smallest absolute Gasteiger partial charge is 0.0574 e. The van der Waals surface area contributed by atoms with Gasteiger partial charge in [-0.2, -0.15) is 0 Å². The van der Waals surface area contributed by atoms with Crippen LogP contribution in [0.2, 0.25) is 0 Å². The topological polar surface area (TPSA) is 38.0 Å². The van der Waals surface area contributed by atoms with Gasteiger partial charge in [-0.3, -0.25) is 0 Å². The molecule has 0 bridgehead atoms. The molecule has 0 radical (unpaired) electrons. The normalized spacial score (nSPS) is 9.92. The number of nitrogens with one attached hydrogen (secondary N) is 1. The fraction of sp³-hybridized carbons (Fsp3) is 0.400. The second kappa shape index (κ2) is 3.48. The van der Waals surface area contributed by atoms with Gasteiger partial charge in [-0.15, -0.1) is 0 Å². The van der Waals surface area contributed by atoms with Crippen molar-refractivity contribution in [2.75, 3.05) is 18.1 Å². The SMILES string of the molecule is CCc1cc(N)c(NC)cc1C. The van der Waals surface area contributed by atoms with E-state index in [2.05, 4.69) is 25.2 Å². The monoisotopic (exact) mass is 164 g/mol. The predicted molar refractivity (Wildman–Crippen MR) is 54.5 cm³/mol. The Morgan fingerprint density at radius 1 is 1.42 bits per heavy atom. The van der Waals surface area contributed by atoms with E-state index in [0.717, 1.165) is 17.8 Å². The first-order valence-corrected chi connectivity index (χ1v) is 4.25. The molecular formula is C10H16N2. The van der Waals surface area contributed by atoms with E-state index in [0.29, 0.717) is 0 Å². The third kappa shape index (κ3) is 1.52. The summed E-state index contributed by atoms with van der Waals surface area (Å²) in [6.07, 6.45) is 1.04. The van der Waals surface area contributed by atoms with Crippen LogP contribution < -0.4 is 11.1 Å². The highest BCUT2D eigenvalue weighted by molar-refractivity contribution is 5.68. The maximum Gasteiger partial charge on any atom is 0.0574 e. The fourth-order valence-electron chi connectivity index (χ4n) is 1.37. The summed E-state index contributed by atoms with van der Waals surface area (Å²) in [6.45, 7) is 4.25. The zero-order valence-electron chi connectivity index (χ0n) is 7.94. The number of hydrogen-bond acceptors (Lipinski definition) is 2. The second-order valence-corrected chi connectivity index (χ2v) is 2.97. The number of nitrogens with two attached hydrogens (primary N) is 1. The number of anilines is 2. The highest BCUT2D eigenvalue weighted by atomic mass is 14.8. The molecular weight excluding hydrogens is 148 g/mol. The molecule has 0 atom stereocenters. The van der Waals surface area contributed by atoms with E-state index < -0.39 is 0 Å². The van der Waals surface area contributed by atoms with Gasteiger partial charge in [-0.05, 0) is 36.6 Å². The molecule has 0 heterocycles. The van der Waals surface area contributed by atoms with E-state index in [1.807, 2.05) is 13.1 Å². The van der Waals surface area contributed by atoms with Crippen molar-refractivity contribution in [3.05, 3.63) is 23.3 Å². The Morgan fingerprint density at radius 3 is 2.58 bits per heavy atom. The molecule has 0 aliphatic rings. The first-order valence-electron chi connectivity index (χ1n) is 4.25. The molecule has 0 saturated heterocycles. The highest BCUT2D eigenvalue weighted by Crippen LogP contribution is 2.22. The second-order valence-electron chi connectivity index (χ2n) is 2.97. The summed E-state index contributed by atoms with van der Waals surface area (Å²) in [5.74, 6) is 0. The van der Waals surface area contributed by atoms with Gasteiger partial charge in [0.15, 0.2) is 0 Å². The van der Waals surface area contributed by atoms with E-state index in [4.69, 9.17) is 5.73 Å². The lowest BCUT2D eigenvalue weighted by molar-refractivity contribution is 1.11. The Bertz CT molecular complexity index is 250. The summed E-state index contributed by atoms with van der Waals surface area (Å²) in [5.41, 5.74) is 10.3. The van der Waals surface area contributed by atoms with Crippen molar-refractivity contribution in [2.45, 2.75) is 20.3 Å². The molecule has 2 nitrogen and oxygen atoms in total. The number of aryl methyl sites for hydroxylation is 2. The van der Waals surface area contributed by atoms with Crippen LogP contribution in [0.1, 0.15) is 18.1 Å². The van der Waals surface area contributed by atoms with Crippen molar-refractivity contribution in [1.29, 1.82) is 0 Å². The van der Waals surface area contributed by atoms with Gasteiger partial charge in [0.1, 0.15) is 0 Å². The molecule has 0 spiro atoms. The van der Waals surface area contributed by atoms with Crippen molar-refractivity contribution >= 4 is 11.4 Å². The molecule has 0 aliphatic heterocycles. The minimum absolute atomic E-state index is 0.833. The van der Waals surface area contributed by atoms with Gasteiger partial charge in [0.25, 0.3) is 0 Å². The molecule has 0 aromatic heterocycles. The van der Waals surface area contributed by atoms with Crippen LogP contribution in [-0.4, -0.2) is 7.05 Å². The summed E-state index contributed by atoms with van der Waals surface area (Å²) in [7, 11) is 1.89. The molecule has 1 aromatic carbocycles. The van der Waals surface area contributed by atoms with Crippen molar-refractivity contribution < 1.29 is 0 Å². The van der Waals surface area contributed by atoms with Crippen molar-refractivity contribution in [3.63, 3.8) is 0 Å². The first-order chi connectivity index (χ1) is 5.69. The molecule has 0 saturated carbocycles. The molecule has 1 rings (SSSR count). The standard InChI is InChI=1S/C10H16N2/c1-4-8-6-9(11)10(12-3)5-7(8)2/h5-6,12H,4,11H2,1-3H3. The van der Waals surface area contributed by atoms with Crippen LogP contribution in [0, 0.1) is 6.92 Å². The third-order valence-electron chi connectivity index (χ3n) is 2.16. The lowest BCUT2D eigenvalue weighted by Gasteiger charge is -2.09. The van der Waals surface area contributed by atoms with E-state index in [-0.39, 0.29) is 0 Å². The van der Waals surface area contributed by atoms with E-state index >= 15 is 0 Å². The highest BCUT2D eigenvalue weighted by Gasteiger charge is 2.01. The quantitative estimate of drug-likeness (QED) is 0.657. The van der Waals surface area contributed by atoms with Gasteiger partial charge in [-0.1, -0.05) is 6.92 Å². The average Bonchev–Trinajstić information content (AvgIpc) is 2.08. The Kier molecular flexibility index (Phi) is 2.58. The zero-order valence-corrected chi connectivity index (χ0v) is 7.94. The largest absolute Gasteiger partial charge is 0.397 e. The fourth-order valence-corrected chi connectivity index (χ4v) is 1.37. The first kappa shape index (κ1) is 8.91. The van der Waals surface area contributed by atoms with Gasteiger partial charge in [0, 0.05) is 7.05 Å². The molecule has 0 unspecified atom stereocenters. The zero-order chi connectivity index (χ0) is 9.14. The Balaban J connectivity index is 3.16. The maximum atomic E-state index is 5.81. The molecule has 3 N–H and O–H groups in total. The van der Waals surface area contributed by atoms with Crippen LogP contribution in [-0.2, 0) is 6.42 Å². The number of benzene rings is 1. The minimum Gasteiger partial charge on any atom is -0.397 e. The average molecular weight is 164 g/mol. The molecule has 0 amide bonds. The van der Waals surface area contributed by atoms with Crippen LogP contribution in [0.4, 0.5) is 11.4 Å². The van der Waals surface area contributed by atoms with E-state index in [1.54, 1.807) is 0 Å². The summed E-state index contributed by atoms with van der Waals surface area (Å²) in [4.78, 5) is 0. The Hall–Kier alpha value is -1.18. The van der Waals surface area contributed by atoms with Gasteiger partial charge < -0.3 is 11.1 Å². The maximum absolute atomic E-state index is 5.81. The molecule has 1 aromatic rings. The van der Waals surface area contributed by atoms with Gasteiger partial charge in [0.2, 0.25) is 0 Å². The van der Waals surface area contributed by atoms with Crippen molar-refractivity contribution in [3.8, 4) is 0 Å². The van der Waals surface area contributed by atoms with Crippen LogP contribution in [0.3, 0.4) is 0 Å². The Morgan fingerprint density at radius 2 is 2.08 bits per heavy atom. The lowest BCUT2D eigenvalue weighted by atomic mass is 10.0. The van der Waals surface area contributed by atoms with Gasteiger partial charge >= 0.3 is 0 Å². The summed E-state index contributed by atoms with van der Waals surface area (Å²) >= 11 is 0. The molecule has 0 fully saturated rings. The number of hydrogen-bond donors (Lipinski definition) is 2. The van der Waals surface area contributed by atoms with Gasteiger partial charge in [0.05, 0.1) is 11.4 Å². The van der Waals surface area contributed by atoms with E-state index in [9.17, 15) is 0 Å².